The van der Waals surface area contributed by atoms with E-state index in [1.165, 1.54) is 0 Å². The Morgan fingerprint density at radius 3 is 1.38 bits per heavy atom. The average molecular weight is 199 g/mol. The molecule has 0 bridgehead atoms. The maximum atomic E-state index is 6.67. The van der Waals surface area contributed by atoms with Crippen LogP contribution in [0.25, 0.3) is 0 Å². The van der Waals surface area contributed by atoms with Crippen LogP contribution in [0.3, 0.4) is 0 Å². The minimum Gasteiger partial charge on any atom is -0.701 e. The molecule has 0 atom stereocenters. The molecule has 0 aromatic carbocycles. The molecule has 0 unspecified atom stereocenters. The first-order valence-corrected chi connectivity index (χ1v) is 5.50. The zero-order chi connectivity index (χ0) is 5.21. The van der Waals surface area contributed by atoms with E-state index in [4.69, 9.17) is 6.42 Å². The Bertz CT molecular complexity index is 79.4. The van der Waals surface area contributed by atoms with E-state index in [1.54, 1.807) is 0 Å². The van der Waals surface area contributed by atoms with Gasteiger partial charge in [-0.2, -0.15) is 0 Å². The van der Waals surface area contributed by atoms with Crippen LogP contribution in [0.4, 0.5) is 0 Å². The Labute approximate surface area is 71.6 Å². The summed E-state index contributed by atoms with van der Waals surface area (Å²) in [7, 11) is -1.21. The van der Waals surface area contributed by atoms with Crippen molar-refractivity contribution >= 4 is 20.5 Å². The van der Waals surface area contributed by atoms with Gasteiger partial charge in [-0.15, -0.1) is 12.4 Å². The number of halogens is 1. The molecule has 0 aliphatic heterocycles. The topological polar surface area (TPSA) is 0 Å². The summed E-state index contributed by atoms with van der Waals surface area (Å²) in [6.45, 7) is 6.25. The second-order valence-electron chi connectivity index (χ2n) is 2.38. The Morgan fingerprint density at radius 1 is 1.25 bits per heavy atom. The van der Waals surface area contributed by atoms with E-state index in [1.807, 2.05) is 0 Å². The summed E-state index contributed by atoms with van der Waals surface area (Å²) in [6.07, 6.45) is 6.67. The number of hydrogen-bond acceptors (Lipinski definition) is 0. The second-order valence-corrected chi connectivity index (χ2v) is 7.12. The van der Waals surface area contributed by atoms with Crippen LogP contribution in [0, 0.1) is 12.0 Å². The SMILES string of the molecule is Cl.[C-]#C[Si](C)(C)C.[Zn]. The van der Waals surface area contributed by atoms with Crippen LogP contribution < -0.4 is 0 Å². The van der Waals surface area contributed by atoms with Gasteiger partial charge in [-0.1, -0.05) is 19.6 Å². The van der Waals surface area contributed by atoms with Crippen LogP contribution in [-0.4, -0.2) is 8.07 Å². The van der Waals surface area contributed by atoms with Gasteiger partial charge in [0, 0.05) is 19.5 Å². The molecule has 0 rings (SSSR count). The standard InChI is InChI=1S/C5H9Si.ClH.Zn/c1-5-6(2,3)4;;/h2-4H3;1H;/q-1;;. The maximum absolute atomic E-state index is 6.67. The van der Waals surface area contributed by atoms with Gasteiger partial charge in [0.15, 0.2) is 0 Å². The zero-order valence-electron chi connectivity index (χ0n) is 5.62. The molecular weight excluding hydrogens is 189 g/mol. The van der Waals surface area contributed by atoms with Crippen molar-refractivity contribution in [2.45, 2.75) is 19.6 Å². The quantitative estimate of drug-likeness (QED) is 0.317. The van der Waals surface area contributed by atoms with Crippen LogP contribution in [0.5, 0.6) is 0 Å². The summed E-state index contributed by atoms with van der Waals surface area (Å²) in [6, 6.07) is 0. The molecule has 0 aromatic heterocycles. The normalized spacial score (nSPS) is 7.75. The first kappa shape index (κ1) is 15.9. The van der Waals surface area contributed by atoms with Crippen LogP contribution in [0.1, 0.15) is 0 Å². The molecule has 0 N–H and O–H groups in total. The summed E-state index contributed by atoms with van der Waals surface area (Å²) in [4.78, 5) is 0. The van der Waals surface area contributed by atoms with Crippen molar-refractivity contribution in [1.82, 2.24) is 0 Å². The largest absolute Gasteiger partial charge is 0.701 e. The molecule has 0 saturated carbocycles. The molecule has 44 valence electrons. The first-order valence-electron chi connectivity index (χ1n) is 2.00. The minimum absolute atomic E-state index is 0. The monoisotopic (exact) mass is 197 g/mol. The summed E-state index contributed by atoms with van der Waals surface area (Å²) in [5, 5.41) is 0. The fraction of sp³-hybridized carbons (Fsp3) is 0.600. The van der Waals surface area contributed by atoms with E-state index in [-0.39, 0.29) is 31.9 Å². The van der Waals surface area contributed by atoms with E-state index < -0.39 is 8.07 Å². The third-order valence-electron chi connectivity index (χ3n) is 0.375. The molecule has 0 radical (unpaired) electrons. The molecule has 0 heterocycles. The van der Waals surface area contributed by atoms with Gasteiger partial charge in [0.2, 0.25) is 0 Å². The van der Waals surface area contributed by atoms with Gasteiger partial charge in [0.25, 0.3) is 0 Å². The fourth-order valence-electron chi connectivity index (χ4n) is 0. The van der Waals surface area contributed by atoms with E-state index in [0.717, 1.165) is 0 Å². The third kappa shape index (κ3) is 15.9. The molecule has 0 aliphatic rings. The molecule has 0 fully saturated rings. The van der Waals surface area contributed by atoms with Crippen molar-refractivity contribution in [3.63, 3.8) is 0 Å². The van der Waals surface area contributed by atoms with Gasteiger partial charge >= 0.3 is 0 Å². The maximum Gasteiger partial charge on any atom is 0.0806 e. The van der Waals surface area contributed by atoms with Crippen LogP contribution in [-0.2, 0) is 19.5 Å². The molecule has 0 amide bonds. The average Bonchev–Trinajstić information content (AvgIpc) is 1.35. The summed E-state index contributed by atoms with van der Waals surface area (Å²) < 4.78 is 0. The molecule has 0 aromatic rings. The van der Waals surface area contributed by atoms with Crippen molar-refractivity contribution in [2.24, 2.45) is 0 Å². The van der Waals surface area contributed by atoms with Crippen molar-refractivity contribution in [3.8, 4) is 5.54 Å². The van der Waals surface area contributed by atoms with Crippen LogP contribution in [0.2, 0.25) is 19.6 Å². The van der Waals surface area contributed by atoms with E-state index in [2.05, 4.69) is 25.2 Å². The number of rotatable bonds is 0. The van der Waals surface area contributed by atoms with Crippen molar-refractivity contribution < 1.29 is 19.5 Å². The van der Waals surface area contributed by atoms with Crippen molar-refractivity contribution in [1.29, 1.82) is 0 Å². The van der Waals surface area contributed by atoms with Gasteiger partial charge < -0.3 is 12.0 Å². The predicted octanol–water partition coefficient (Wildman–Crippen LogP) is 1.87. The third-order valence-corrected chi connectivity index (χ3v) is 1.12. The zero-order valence-corrected chi connectivity index (χ0v) is 10.4. The Kier molecular flexibility index (Phi) is 11.5. The predicted molar refractivity (Wildman–Crippen MR) is 37.7 cm³/mol. The molecule has 0 aliphatic carbocycles. The smallest absolute Gasteiger partial charge is 0.0806 e. The second kappa shape index (κ2) is 5.82. The van der Waals surface area contributed by atoms with Gasteiger partial charge in [-0.05, 0) is 0 Å². The van der Waals surface area contributed by atoms with Gasteiger partial charge in [-0.25, -0.2) is 0 Å². The summed E-state index contributed by atoms with van der Waals surface area (Å²) in [5.41, 5.74) is 2.49. The molecular formula is C5H10ClSiZn-. The molecule has 0 spiro atoms. The Hall–Kier alpha value is 0.690. The van der Waals surface area contributed by atoms with E-state index in [9.17, 15) is 0 Å². The van der Waals surface area contributed by atoms with Crippen molar-refractivity contribution in [3.05, 3.63) is 6.42 Å². The summed E-state index contributed by atoms with van der Waals surface area (Å²) in [5.74, 6) is 0. The van der Waals surface area contributed by atoms with Crippen LogP contribution >= 0.6 is 12.4 Å². The van der Waals surface area contributed by atoms with Crippen LogP contribution in [0.15, 0.2) is 0 Å². The van der Waals surface area contributed by atoms with Gasteiger partial charge in [0.1, 0.15) is 0 Å². The minimum atomic E-state index is -1.21. The molecule has 3 heteroatoms. The number of hydrogen-bond donors (Lipinski definition) is 0. The summed E-state index contributed by atoms with van der Waals surface area (Å²) >= 11 is 0. The fourth-order valence-corrected chi connectivity index (χ4v) is 0. The molecule has 8 heavy (non-hydrogen) atoms. The molecule has 0 nitrogen and oxygen atoms in total. The molecule has 0 saturated heterocycles. The Balaban J connectivity index is -0.000000125. The first-order chi connectivity index (χ1) is 2.56. The van der Waals surface area contributed by atoms with E-state index in [0.29, 0.717) is 0 Å². The van der Waals surface area contributed by atoms with Crippen molar-refractivity contribution in [2.75, 3.05) is 0 Å². The van der Waals surface area contributed by atoms with Gasteiger partial charge in [-0.3, -0.25) is 0 Å². The van der Waals surface area contributed by atoms with Gasteiger partial charge in [0.05, 0.1) is 8.07 Å². The Morgan fingerprint density at radius 2 is 1.38 bits per heavy atom. The van der Waals surface area contributed by atoms with E-state index >= 15 is 0 Å².